The molecule has 0 aliphatic heterocycles. The predicted molar refractivity (Wildman–Crippen MR) is 258 cm³/mol. The second kappa shape index (κ2) is 14.2. The minimum absolute atomic E-state index is 0.141. The first kappa shape index (κ1) is 36.8. The van der Waals surface area contributed by atoms with Crippen molar-refractivity contribution in [1.29, 1.82) is 0 Å². The summed E-state index contributed by atoms with van der Waals surface area (Å²) in [6, 6.07) is 78.7. The van der Waals surface area contributed by atoms with E-state index in [0.717, 1.165) is 17.1 Å². The van der Waals surface area contributed by atoms with Gasteiger partial charge >= 0.3 is 0 Å². The van der Waals surface area contributed by atoms with E-state index >= 15 is 0 Å². The van der Waals surface area contributed by atoms with E-state index in [2.05, 4.69) is 245 Å². The van der Waals surface area contributed by atoms with Crippen LogP contribution in [0, 0.1) is 0 Å². The Balaban J connectivity index is 1.15. The molecule has 0 radical (unpaired) electrons. The van der Waals surface area contributed by atoms with Crippen molar-refractivity contribution in [2.24, 2.45) is 0 Å². The van der Waals surface area contributed by atoms with Crippen LogP contribution in [0.15, 0.2) is 212 Å². The molecule has 61 heavy (non-hydrogen) atoms. The molecule has 0 saturated carbocycles. The quantitative estimate of drug-likeness (QED) is 0.156. The van der Waals surface area contributed by atoms with Crippen LogP contribution >= 0.6 is 0 Å². The molecule has 0 saturated heterocycles. The summed E-state index contributed by atoms with van der Waals surface area (Å²) < 4.78 is 0. The van der Waals surface area contributed by atoms with Gasteiger partial charge in [0.15, 0.2) is 0 Å². The van der Waals surface area contributed by atoms with Gasteiger partial charge in [0.1, 0.15) is 0 Å². The molecule has 0 aromatic heterocycles. The molecular weight excluding hydrogens is 735 g/mol. The number of benzene rings is 9. The third-order valence-corrected chi connectivity index (χ3v) is 13.4. The van der Waals surface area contributed by atoms with Gasteiger partial charge in [-0.1, -0.05) is 185 Å². The van der Waals surface area contributed by atoms with Gasteiger partial charge in [0.05, 0.1) is 0 Å². The number of anilines is 3. The van der Waals surface area contributed by atoms with Crippen LogP contribution in [0.25, 0.3) is 66.8 Å². The largest absolute Gasteiger partial charge is 0.310 e. The van der Waals surface area contributed by atoms with Crippen LogP contribution < -0.4 is 4.90 Å². The number of hydrogen-bond donors (Lipinski definition) is 0. The highest BCUT2D eigenvalue weighted by atomic mass is 15.1. The Bertz CT molecular complexity index is 2920. The molecule has 292 valence electrons. The first-order valence-corrected chi connectivity index (χ1v) is 21.5. The van der Waals surface area contributed by atoms with Crippen molar-refractivity contribution >= 4 is 17.1 Å². The van der Waals surface area contributed by atoms with Gasteiger partial charge in [0.25, 0.3) is 0 Å². The summed E-state index contributed by atoms with van der Waals surface area (Å²) in [6.45, 7) is 9.50. The average molecular weight is 782 g/mol. The highest BCUT2D eigenvalue weighted by Crippen LogP contribution is 2.53. The van der Waals surface area contributed by atoms with Gasteiger partial charge in [-0.25, -0.2) is 0 Å². The Morgan fingerprint density at radius 3 is 1.03 bits per heavy atom. The molecule has 11 rings (SSSR count). The lowest BCUT2D eigenvalue weighted by atomic mass is 9.82. The number of fused-ring (bicyclic) bond motifs is 6. The maximum atomic E-state index is 2.51. The Kier molecular flexibility index (Phi) is 8.58. The van der Waals surface area contributed by atoms with E-state index in [1.807, 2.05) is 0 Å². The lowest BCUT2D eigenvalue weighted by Gasteiger charge is -2.30. The molecule has 1 nitrogen and oxygen atoms in total. The van der Waals surface area contributed by atoms with Crippen LogP contribution in [-0.2, 0) is 10.8 Å². The molecule has 0 amide bonds. The van der Waals surface area contributed by atoms with E-state index in [9.17, 15) is 0 Å². The molecule has 0 heterocycles. The fraction of sp³-hybridized carbons (Fsp3) is 0.100. The number of rotatable bonds is 7. The summed E-state index contributed by atoms with van der Waals surface area (Å²) in [4.78, 5) is 2.51. The van der Waals surface area contributed by atoms with Gasteiger partial charge in [-0.3, -0.25) is 0 Å². The Morgan fingerprint density at radius 1 is 0.246 bits per heavy atom. The molecule has 0 fully saturated rings. The third-order valence-electron chi connectivity index (χ3n) is 13.4. The molecule has 0 unspecified atom stereocenters. The van der Waals surface area contributed by atoms with Gasteiger partial charge in [-0.15, -0.1) is 0 Å². The summed E-state index contributed by atoms with van der Waals surface area (Å²) >= 11 is 0. The number of hydrogen-bond acceptors (Lipinski definition) is 1. The SMILES string of the molecule is CC1(C)c2ccccc2-c2ccc(N(c3cc(-c4cccc(-c5ccccc5)c4)cc(-c4cccc(-c5ccccc5)c4)c3)c3ccc4c(c3)C(C)(C)c3ccccc3-4)cc21. The van der Waals surface area contributed by atoms with Crippen LogP contribution in [0.5, 0.6) is 0 Å². The molecule has 9 aromatic carbocycles. The Labute approximate surface area is 360 Å². The first-order chi connectivity index (χ1) is 29.7. The highest BCUT2D eigenvalue weighted by Gasteiger charge is 2.37. The van der Waals surface area contributed by atoms with E-state index in [4.69, 9.17) is 0 Å². The second-order valence-corrected chi connectivity index (χ2v) is 17.8. The topological polar surface area (TPSA) is 3.24 Å². The molecule has 1 heteroatoms. The molecular formula is C60H47N. The maximum Gasteiger partial charge on any atom is 0.0473 e. The van der Waals surface area contributed by atoms with Crippen molar-refractivity contribution in [2.45, 2.75) is 38.5 Å². The number of nitrogens with zero attached hydrogens (tertiary/aromatic N) is 1. The highest BCUT2D eigenvalue weighted by molar-refractivity contribution is 5.91. The van der Waals surface area contributed by atoms with Crippen LogP contribution in [-0.4, -0.2) is 0 Å². The fourth-order valence-corrected chi connectivity index (χ4v) is 10.2. The van der Waals surface area contributed by atoms with Crippen LogP contribution in [0.2, 0.25) is 0 Å². The monoisotopic (exact) mass is 781 g/mol. The first-order valence-electron chi connectivity index (χ1n) is 21.5. The third kappa shape index (κ3) is 6.15. The van der Waals surface area contributed by atoms with Gasteiger partial charge < -0.3 is 4.90 Å². The van der Waals surface area contributed by atoms with E-state index in [1.54, 1.807) is 0 Å². The van der Waals surface area contributed by atoms with Crippen molar-refractivity contribution in [2.75, 3.05) is 4.90 Å². The van der Waals surface area contributed by atoms with Gasteiger partial charge in [-0.05, 0) is 144 Å². The van der Waals surface area contributed by atoms with E-state index < -0.39 is 0 Å². The summed E-state index contributed by atoms with van der Waals surface area (Å²) in [6.07, 6.45) is 0. The predicted octanol–water partition coefficient (Wildman–Crippen LogP) is 16.4. The zero-order chi connectivity index (χ0) is 41.3. The zero-order valence-corrected chi connectivity index (χ0v) is 35.2. The summed E-state index contributed by atoms with van der Waals surface area (Å²) in [5.74, 6) is 0. The molecule has 0 N–H and O–H groups in total. The van der Waals surface area contributed by atoms with Crippen molar-refractivity contribution in [3.8, 4) is 66.8 Å². The minimum Gasteiger partial charge on any atom is -0.310 e. The molecule has 2 aliphatic carbocycles. The molecule has 0 spiro atoms. The molecule has 0 bridgehead atoms. The summed E-state index contributed by atoms with van der Waals surface area (Å²) in [5.41, 5.74) is 23.4. The van der Waals surface area contributed by atoms with Crippen molar-refractivity contribution in [3.05, 3.63) is 235 Å². The lowest BCUT2D eigenvalue weighted by Crippen LogP contribution is -2.18. The van der Waals surface area contributed by atoms with Crippen molar-refractivity contribution in [1.82, 2.24) is 0 Å². The van der Waals surface area contributed by atoms with Crippen molar-refractivity contribution < 1.29 is 0 Å². The Hall–Kier alpha value is -7.22. The van der Waals surface area contributed by atoms with E-state index in [1.165, 1.54) is 89.0 Å². The van der Waals surface area contributed by atoms with E-state index in [0.29, 0.717) is 0 Å². The molecule has 2 aliphatic rings. The zero-order valence-electron chi connectivity index (χ0n) is 35.2. The van der Waals surface area contributed by atoms with Crippen LogP contribution in [0.3, 0.4) is 0 Å². The molecule has 9 aromatic rings. The lowest BCUT2D eigenvalue weighted by molar-refractivity contribution is 0.660. The van der Waals surface area contributed by atoms with Gasteiger partial charge in [0, 0.05) is 27.9 Å². The standard InChI is InChI=1S/C60H47N/c1-59(2)55-27-13-11-25-51(55)53-31-29-48(38-57(53)59)61(49-30-32-54-52-26-12-14-28-56(52)60(3,4)58(54)39-49)50-36-46(44-23-15-21-42(33-44)40-17-7-5-8-18-40)35-47(37-50)45-24-16-22-43(34-45)41-19-9-6-10-20-41/h5-39H,1-4H3. The maximum absolute atomic E-state index is 2.51. The smallest absolute Gasteiger partial charge is 0.0473 e. The normalized spacial score (nSPS) is 13.8. The summed E-state index contributed by atoms with van der Waals surface area (Å²) in [7, 11) is 0. The minimum atomic E-state index is -0.141. The molecule has 0 atom stereocenters. The van der Waals surface area contributed by atoms with E-state index in [-0.39, 0.29) is 10.8 Å². The van der Waals surface area contributed by atoms with Gasteiger partial charge in [-0.2, -0.15) is 0 Å². The van der Waals surface area contributed by atoms with Crippen molar-refractivity contribution in [3.63, 3.8) is 0 Å². The van der Waals surface area contributed by atoms with Crippen LogP contribution in [0.1, 0.15) is 49.9 Å². The van der Waals surface area contributed by atoms with Crippen LogP contribution in [0.4, 0.5) is 17.1 Å². The average Bonchev–Trinajstić information content (AvgIpc) is 3.68. The summed E-state index contributed by atoms with van der Waals surface area (Å²) in [5, 5.41) is 0. The fourth-order valence-electron chi connectivity index (χ4n) is 10.2. The van der Waals surface area contributed by atoms with Gasteiger partial charge in [0.2, 0.25) is 0 Å². The second-order valence-electron chi connectivity index (χ2n) is 17.8. The Morgan fingerprint density at radius 2 is 0.590 bits per heavy atom.